The molecule has 4 nitrogen and oxygen atoms in total. The minimum atomic E-state index is -3.29. The number of pyridine rings is 1. The van der Waals surface area contributed by atoms with Gasteiger partial charge in [0.25, 0.3) is 0 Å². The van der Waals surface area contributed by atoms with Gasteiger partial charge in [-0.3, -0.25) is 4.98 Å². The summed E-state index contributed by atoms with van der Waals surface area (Å²) in [5.41, 5.74) is 2.27. The largest absolute Gasteiger partial charge is 0.258 e. The third-order valence-corrected chi connectivity index (χ3v) is 4.08. The number of rotatable bonds is 1. The number of aromatic nitrogens is 2. The maximum absolute atomic E-state index is 11.6. The van der Waals surface area contributed by atoms with Crippen molar-refractivity contribution >= 4 is 36.9 Å². The molecule has 16 heavy (non-hydrogen) atoms. The molecule has 0 radical (unpaired) electrons. The van der Waals surface area contributed by atoms with Crippen LogP contribution in [0.5, 0.6) is 0 Å². The van der Waals surface area contributed by atoms with Crippen LogP contribution in [0, 0.1) is 13.8 Å². The van der Waals surface area contributed by atoms with Gasteiger partial charge in [-0.1, -0.05) is 0 Å². The van der Waals surface area contributed by atoms with Gasteiger partial charge in [0.05, 0.1) is 17.5 Å². The molecule has 0 N–H and O–H groups in total. The number of nitrogens with zero attached hydrogens (tertiary/aromatic N) is 2. The molecule has 0 aromatic carbocycles. The topological polar surface area (TPSA) is 52.0 Å². The van der Waals surface area contributed by atoms with Crippen molar-refractivity contribution in [3.05, 3.63) is 28.1 Å². The molecule has 2 heterocycles. The average molecular weight is 303 g/mol. The summed E-state index contributed by atoms with van der Waals surface area (Å²) in [6.45, 7) is 3.68. The molecule has 0 spiro atoms. The first-order chi connectivity index (χ1) is 7.32. The van der Waals surface area contributed by atoms with Crippen molar-refractivity contribution in [2.75, 3.05) is 6.26 Å². The van der Waals surface area contributed by atoms with Crippen LogP contribution in [0.2, 0.25) is 0 Å². The fourth-order valence-corrected chi connectivity index (χ4v) is 3.29. The van der Waals surface area contributed by atoms with E-state index in [1.165, 1.54) is 10.2 Å². The number of hydrogen-bond donors (Lipinski definition) is 0. The van der Waals surface area contributed by atoms with Crippen molar-refractivity contribution < 1.29 is 8.42 Å². The van der Waals surface area contributed by atoms with Crippen LogP contribution < -0.4 is 0 Å². The van der Waals surface area contributed by atoms with Crippen molar-refractivity contribution in [1.82, 2.24) is 8.96 Å². The predicted octanol–water partition coefficient (Wildman–Crippen LogP) is 2.22. The van der Waals surface area contributed by atoms with E-state index in [4.69, 9.17) is 0 Å². The highest BCUT2D eigenvalue weighted by molar-refractivity contribution is 9.10. The third kappa shape index (κ3) is 1.66. The van der Waals surface area contributed by atoms with E-state index >= 15 is 0 Å². The molecule has 0 atom stereocenters. The molecular formula is C10H11BrN2O2S. The SMILES string of the molecule is Cc1cn(S(C)(=O)=O)c2c(C)ncc(Br)c12. The van der Waals surface area contributed by atoms with Gasteiger partial charge in [0, 0.05) is 22.3 Å². The van der Waals surface area contributed by atoms with Gasteiger partial charge in [-0.15, -0.1) is 0 Å². The molecule has 6 heteroatoms. The Labute approximate surface area is 102 Å². The van der Waals surface area contributed by atoms with Gasteiger partial charge in [0.2, 0.25) is 10.0 Å². The molecule has 2 aromatic heterocycles. The Kier molecular flexibility index (Phi) is 2.58. The van der Waals surface area contributed by atoms with Crippen molar-refractivity contribution in [3.8, 4) is 0 Å². The zero-order valence-electron chi connectivity index (χ0n) is 9.15. The van der Waals surface area contributed by atoms with E-state index in [-0.39, 0.29) is 0 Å². The second-order valence-corrected chi connectivity index (χ2v) is 6.50. The van der Waals surface area contributed by atoms with Crippen LogP contribution in [0.3, 0.4) is 0 Å². The Bertz CT molecular complexity index is 674. The molecule has 0 saturated carbocycles. The maximum atomic E-state index is 11.6. The minimum Gasteiger partial charge on any atom is -0.258 e. The van der Waals surface area contributed by atoms with Crippen LogP contribution in [0.4, 0.5) is 0 Å². The second kappa shape index (κ2) is 3.56. The lowest BCUT2D eigenvalue weighted by molar-refractivity contribution is 0.595. The predicted molar refractivity (Wildman–Crippen MR) is 67.1 cm³/mol. The molecule has 0 amide bonds. The molecule has 0 aliphatic carbocycles. The van der Waals surface area contributed by atoms with Crippen LogP contribution in [0.1, 0.15) is 11.3 Å². The van der Waals surface area contributed by atoms with Gasteiger partial charge in [-0.05, 0) is 35.3 Å². The first-order valence-corrected chi connectivity index (χ1v) is 7.30. The molecule has 0 fully saturated rings. The van der Waals surface area contributed by atoms with E-state index in [0.29, 0.717) is 11.2 Å². The van der Waals surface area contributed by atoms with Crippen LogP contribution in [0.15, 0.2) is 16.9 Å². The van der Waals surface area contributed by atoms with Gasteiger partial charge >= 0.3 is 0 Å². The molecule has 0 aliphatic rings. The highest BCUT2D eigenvalue weighted by atomic mass is 79.9. The lowest BCUT2D eigenvalue weighted by Gasteiger charge is -2.04. The Morgan fingerprint density at radius 3 is 2.56 bits per heavy atom. The van der Waals surface area contributed by atoms with Gasteiger partial charge in [-0.2, -0.15) is 0 Å². The van der Waals surface area contributed by atoms with Crippen LogP contribution in [0.25, 0.3) is 10.9 Å². The number of aryl methyl sites for hydroxylation is 2. The summed E-state index contributed by atoms with van der Waals surface area (Å²) < 4.78 is 25.4. The fourth-order valence-electron chi connectivity index (χ4n) is 1.78. The van der Waals surface area contributed by atoms with Gasteiger partial charge in [-0.25, -0.2) is 12.4 Å². The van der Waals surface area contributed by atoms with Crippen LogP contribution >= 0.6 is 15.9 Å². The van der Waals surface area contributed by atoms with E-state index < -0.39 is 10.0 Å². The Morgan fingerprint density at radius 1 is 1.38 bits per heavy atom. The Hall–Kier alpha value is -0.880. The van der Waals surface area contributed by atoms with Gasteiger partial charge in [0.1, 0.15) is 0 Å². The monoisotopic (exact) mass is 302 g/mol. The summed E-state index contributed by atoms with van der Waals surface area (Å²) in [5, 5.41) is 0.901. The van der Waals surface area contributed by atoms with Crippen LogP contribution in [-0.2, 0) is 10.0 Å². The van der Waals surface area contributed by atoms with E-state index in [9.17, 15) is 8.42 Å². The van der Waals surface area contributed by atoms with Crippen molar-refractivity contribution in [3.63, 3.8) is 0 Å². The summed E-state index contributed by atoms with van der Waals surface area (Å²) in [7, 11) is -3.29. The zero-order chi connectivity index (χ0) is 12.1. The lowest BCUT2D eigenvalue weighted by atomic mass is 10.2. The number of hydrogen-bond acceptors (Lipinski definition) is 3. The average Bonchev–Trinajstić information content (AvgIpc) is 2.51. The van der Waals surface area contributed by atoms with Gasteiger partial charge in [0.15, 0.2) is 0 Å². The molecule has 2 aromatic rings. The molecular weight excluding hydrogens is 292 g/mol. The molecule has 0 saturated heterocycles. The first-order valence-electron chi connectivity index (χ1n) is 4.65. The fraction of sp³-hybridized carbons (Fsp3) is 0.300. The van der Waals surface area contributed by atoms with E-state index in [2.05, 4.69) is 20.9 Å². The summed E-state index contributed by atoms with van der Waals surface area (Å²) >= 11 is 3.39. The normalized spacial score (nSPS) is 12.2. The molecule has 2 rings (SSSR count). The lowest BCUT2D eigenvalue weighted by Crippen LogP contribution is -2.09. The number of fused-ring (bicyclic) bond motifs is 1. The van der Waals surface area contributed by atoms with Crippen molar-refractivity contribution in [2.45, 2.75) is 13.8 Å². The highest BCUT2D eigenvalue weighted by Crippen LogP contribution is 2.30. The zero-order valence-corrected chi connectivity index (χ0v) is 11.6. The smallest absolute Gasteiger partial charge is 0.236 e. The number of halogens is 1. The van der Waals surface area contributed by atoms with E-state index in [1.54, 1.807) is 19.3 Å². The summed E-state index contributed by atoms with van der Waals surface area (Å²) in [6, 6.07) is 0. The van der Waals surface area contributed by atoms with Gasteiger partial charge < -0.3 is 0 Å². The maximum Gasteiger partial charge on any atom is 0.236 e. The summed E-state index contributed by atoms with van der Waals surface area (Å²) in [4.78, 5) is 4.16. The van der Waals surface area contributed by atoms with Crippen LogP contribution in [-0.4, -0.2) is 23.6 Å². The third-order valence-electron chi connectivity index (χ3n) is 2.47. The van der Waals surface area contributed by atoms with E-state index in [0.717, 1.165) is 15.4 Å². The van der Waals surface area contributed by atoms with Crippen molar-refractivity contribution in [1.29, 1.82) is 0 Å². The molecule has 86 valence electrons. The Morgan fingerprint density at radius 2 is 2.00 bits per heavy atom. The Balaban J connectivity index is 3.06. The summed E-state index contributed by atoms with van der Waals surface area (Å²) in [5.74, 6) is 0. The minimum absolute atomic E-state index is 0.648. The highest BCUT2D eigenvalue weighted by Gasteiger charge is 2.17. The molecule has 0 aliphatic heterocycles. The second-order valence-electron chi connectivity index (χ2n) is 3.79. The van der Waals surface area contributed by atoms with Crippen molar-refractivity contribution in [2.24, 2.45) is 0 Å². The molecule has 0 unspecified atom stereocenters. The summed E-state index contributed by atoms with van der Waals surface area (Å²) in [6.07, 6.45) is 4.50. The quantitative estimate of drug-likeness (QED) is 0.811. The standard InChI is InChI=1S/C10H11BrN2O2S/c1-6-5-13(16(3,14)15)10-7(2)12-4-8(11)9(6)10/h4-5H,1-3H3. The molecule has 0 bridgehead atoms. The van der Waals surface area contributed by atoms with E-state index in [1.807, 2.05) is 6.92 Å². The first kappa shape index (κ1) is 11.6.